The maximum Gasteiger partial charge on any atom is 0.260 e. The molecular weight excluding hydrogens is 370 g/mol. The van der Waals surface area contributed by atoms with E-state index in [1.165, 1.54) is 7.11 Å². The molecule has 150 valence electrons. The van der Waals surface area contributed by atoms with Crippen molar-refractivity contribution in [3.05, 3.63) is 71.9 Å². The van der Waals surface area contributed by atoms with Gasteiger partial charge in [0.2, 0.25) is 11.7 Å². The SMILES string of the molecule is COC(C)(C(=O)Nc1ccc(OCc2noc(C3CC3)n2)cc1)c1ccccc1. The summed E-state index contributed by atoms with van der Waals surface area (Å²) in [6, 6.07) is 16.5. The summed E-state index contributed by atoms with van der Waals surface area (Å²) in [5.41, 5.74) is 0.344. The highest BCUT2D eigenvalue weighted by molar-refractivity contribution is 5.97. The lowest BCUT2D eigenvalue weighted by atomic mass is 9.94. The maximum absolute atomic E-state index is 12.8. The second kappa shape index (κ2) is 8.05. The van der Waals surface area contributed by atoms with Crippen LogP contribution in [0.15, 0.2) is 59.1 Å². The zero-order valence-corrected chi connectivity index (χ0v) is 16.4. The van der Waals surface area contributed by atoms with Gasteiger partial charge in [-0.2, -0.15) is 4.98 Å². The average Bonchev–Trinajstić information content (AvgIpc) is 3.51. The van der Waals surface area contributed by atoms with Crippen molar-refractivity contribution in [3.8, 4) is 5.75 Å². The molecule has 1 N–H and O–H groups in total. The summed E-state index contributed by atoms with van der Waals surface area (Å²) in [4.78, 5) is 17.2. The van der Waals surface area contributed by atoms with Crippen molar-refractivity contribution < 1.29 is 18.8 Å². The van der Waals surface area contributed by atoms with Gasteiger partial charge in [0.25, 0.3) is 5.91 Å². The number of anilines is 1. The van der Waals surface area contributed by atoms with Crippen LogP contribution in [-0.2, 0) is 21.7 Å². The minimum absolute atomic E-state index is 0.234. The fraction of sp³-hybridized carbons (Fsp3) is 0.318. The van der Waals surface area contributed by atoms with Crippen LogP contribution in [0.25, 0.3) is 0 Å². The molecule has 7 heteroatoms. The number of methoxy groups -OCH3 is 1. The number of aromatic nitrogens is 2. The van der Waals surface area contributed by atoms with Crippen LogP contribution in [0.4, 0.5) is 5.69 Å². The lowest BCUT2D eigenvalue weighted by molar-refractivity contribution is -0.136. The highest BCUT2D eigenvalue weighted by Gasteiger charge is 2.35. The summed E-state index contributed by atoms with van der Waals surface area (Å²) in [5.74, 6) is 2.05. The van der Waals surface area contributed by atoms with E-state index < -0.39 is 5.60 Å². The summed E-state index contributed by atoms with van der Waals surface area (Å²) in [7, 11) is 1.52. The van der Waals surface area contributed by atoms with Gasteiger partial charge in [0.05, 0.1) is 0 Å². The lowest BCUT2D eigenvalue weighted by Gasteiger charge is -2.27. The molecule has 0 radical (unpaired) electrons. The molecule has 4 rings (SSSR count). The monoisotopic (exact) mass is 393 g/mol. The number of nitrogens with zero attached hydrogens (tertiary/aromatic N) is 2. The lowest BCUT2D eigenvalue weighted by Crippen LogP contribution is -2.39. The molecule has 1 unspecified atom stereocenters. The first-order valence-corrected chi connectivity index (χ1v) is 9.56. The highest BCUT2D eigenvalue weighted by atomic mass is 16.5. The zero-order chi connectivity index (χ0) is 20.3. The molecule has 1 atom stereocenters. The first-order valence-electron chi connectivity index (χ1n) is 9.56. The number of ether oxygens (including phenoxy) is 2. The van der Waals surface area contributed by atoms with Crippen LogP contribution in [0.3, 0.4) is 0 Å². The Morgan fingerprint density at radius 3 is 2.55 bits per heavy atom. The molecule has 2 aromatic carbocycles. The second-order valence-electron chi connectivity index (χ2n) is 7.19. The Balaban J connectivity index is 1.36. The van der Waals surface area contributed by atoms with Crippen molar-refractivity contribution in [3.63, 3.8) is 0 Å². The Hall–Kier alpha value is -3.19. The molecule has 7 nitrogen and oxygen atoms in total. The molecule has 1 heterocycles. The molecule has 1 aliphatic carbocycles. The fourth-order valence-corrected chi connectivity index (χ4v) is 2.95. The molecule has 0 saturated heterocycles. The smallest absolute Gasteiger partial charge is 0.260 e. The predicted octanol–water partition coefficient (Wildman–Crippen LogP) is 4.03. The number of hydrogen-bond donors (Lipinski definition) is 1. The van der Waals surface area contributed by atoms with E-state index in [1.807, 2.05) is 30.3 Å². The topological polar surface area (TPSA) is 86.5 Å². The largest absolute Gasteiger partial charge is 0.485 e. The van der Waals surface area contributed by atoms with Gasteiger partial charge in [0.1, 0.15) is 5.75 Å². The van der Waals surface area contributed by atoms with Gasteiger partial charge in [0, 0.05) is 18.7 Å². The number of hydrogen-bond acceptors (Lipinski definition) is 6. The first-order chi connectivity index (χ1) is 14.1. The van der Waals surface area contributed by atoms with Crippen molar-refractivity contribution in [2.24, 2.45) is 0 Å². The van der Waals surface area contributed by atoms with Crippen LogP contribution in [0.2, 0.25) is 0 Å². The summed E-state index contributed by atoms with van der Waals surface area (Å²) in [6.07, 6.45) is 2.23. The van der Waals surface area contributed by atoms with E-state index >= 15 is 0 Å². The van der Waals surface area contributed by atoms with Gasteiger partial charge in [0.15, 0.2) is 12.2 Å². The van der Waals surface area contributed by atoms with E-state index in [0.29, 0.717) is 29.1 Å². The number of carbonyl (C=O) groups excluding carboxylic acids is 1. The molecule has 0 aliphatic heterocycles. The molecule has 1 saturated carbocycles. The number of nitrogens with one attached hydrogen (secondary N) is 1. The molecule has 3 aromatic rings. The molecule has 0 bridgehead atoms. The third-order valence-corrected chi connectivity index (χ3v) is 5.06. The normalized spacial score (nSPS) is 15.5. The molecule has 29 heavy (non-hydrogen) atoms. The summed E-state index contributed by atoms with van der Waals surface area (Å²) < 4.78 is 16.5. The Morgan fingerprint density at radius 1 is 1.17 bits per heavy atom. The van der Waals surface area contributed by atoms with Crippen LogP contribution < -0.4 is 10.1 Å². The van der Waals surface area contributed by atoms with E-state index in [0.717, 1.165) is 18.4 Å². The molecule has 1 fully saturated rings. The second-order valence-corrected chi connectivity index (χ2v) is 7.19. The van der Waals surface area contributed by atoms with E-state index in [-0.39, 0.29) is 12.5 Å². The van der Waals surface area contributed by atoms with Crippen molar-refractivity contribution in [1.82, 2.24) is 10.1 Å². The van der Waals surface area contributed by atoms with E-state index in [4.69, 9.17) is 14.0 Å². The average molecular weight is 393 g/mol. The van der Waals surface area contributed by atoms with Crippen molar-refractivity contribution in [2.75, 3.05) is 12.4 Å². The van der Waals surface area contributed by atoms with Crippen LogP contribution in [0, 0.1) is 0 Å². The summed E-state index contributed by atoms with van der Waals surface area (Å²) in [5, 5.41) is 6.83. The number of amides is 1. The third-order valence-electron chi connectivity index (χ3n) is 5.06. The van der Waals surface area contributed by atoms with Crippen molar-refractivity contribution in [2.45, 2.75) is 37.9 Å². The minimum Gasteiger partial charge on any atom is -0.485 e. The van der Waals surface area contributed by atoms with Crippen molar-refractivity contribution >= 4 is 11.6 Å². The van der Waals surface area contributed by atoms with Gasteiger partial charge in [-0.1, -0.05) is 35.5 Å². The number of carbonyl (C=O) groups is 1. The Bertz CT molecular complexity index is 967. The minimum atomic E-state index is -1.09. The summed E-state index contributed by atoms with van der Waals surface area (Å²) in [6.45, 7) is 1.98. The van der Waals surface area contributed by atoms with Gasteiger partial charge in [-0.05, 0) is 49.6 Å². The quantitative estimate of drug-likeness (QED) is 0.622. The van der Waals surface area contributed by atoms with Gasteiger partial charge in [-0.15, -0.1) is 0 Å². The first kappa shape index (κ1) is 19.1. The maximum atomic E-state index is 12.8. The van der Waals surface area contributed by atoms with Crippen LogP contribution in [0.1, 0.15) is 43.0 Å². The van der Waals surface area contributed by atoms with Gasteiger partial charge in [-0.25, -0.2) is 0 Å². The molecule has 1 amide bonds. The van der Waals surface area contributed by atoms with E-state index in [9.17, 15) is 4.79 Å². The van der Waals surface area contributed by atoms with E-state index in [1.54, 1.807) is 31.2 Å². The zero-order valence-electron chi connectivity index (χ0n) is 16.4. The number of rotatable bonds is 8. The molecule has 0 spiro atoms. The number of benzene rings is 2. The third kappa shape index (κ3) is 4.30. The van der Waals surface area contributed by atoms with Gasteiger partial charge >= 0.3 is 0 Å². The highest BCUT2D eigenvalue weighted by Crippen LogP contribution is 2.38. The molecule has 1 aromatic heterocycles. The summed E-state index contributed by atoms with van der Waals surface area (Å²) >= 11 is 0. The van der Waals surface area contributed by atoms with Gasteiger partial charge in [-0.3, -0.25) is 4.79 Å². The van der Waals surface area contributed by atoms with Crippen LogP contribution >= 0.6 is 0 Å². The Kier molecular flexibility index (Phi) is 5.31. The standard InChI is InChI=1S/C22H23N3O4/c1-22(27-2,16-6-4-3-5-7-16)21(26)23-17-10-12-18(13-11-17)28-14-19-24-20(29-25-19)15-8-9-15/h3-7,10-13,15H,8-9,14H2,1-2H3,(H,23,26). The van der Waals surface area contributed by atoms with Crippen molar-refractivity contribution in [1.29, 1.82) is 0 Å². The van der Waals surface area contributed by atoms with Crippen LogP contribution in [-0.4, -0.2) is 23.2 Å². The molecule has 1 aliphatic rings. The van der Waals surface area contributed by atoms with E-state index in [2.05, 4.69) is 15.5 Å². The van der Waals surface area contributed by atoms with Crippen LogP contribution in [0.5, 0.6) is 5.75 Å². The fourth-order valence-electron chi connectivity index (χ4n) is 2.95. The molecular formula is C22H23N3O4. The van der Waals surface area contributed by atoms with Gasteiger partial charge < -0.3 is 19.3 Å². The Labute approximate surface area is 169 Å². The predicted molar refractivity (Wildman–Crippen MR) is 106 cm³/mol. The Morgan fingerprint density at radius 2 is 1.90 bits per heavy atom.